The summed E-state index contributed by atoms with van der Waals surface area (Å²) >= 11 is 0. The Kier molecular flexibility index (Phi) is 4.34. The highest BCUT2D eigenvalue weighted by molar-refractivity contribution is 6.31. The number of allylic oxidation sites excluding steroid dienone is 1. The Labute approximate surface area is 167 Å². The van der Waals surface area contributed by atoms with Gasteiger partial charge in [-0.05, 0) is 51.0 Å². The molecule has 0 bridgehead atoms. The summed E-state index contributed by atoms with van der Waals surface area (Å²) in [5.74, 6) is -0.390. The molecule has 2 N–H and O–H groups in total. The molecule has 0 fully saturated rings. The van der Waals surface area contributed by atoms with E-state index in [4.69, 9.17) is 0 Å². The van der Waals surface area contributed by atoms with Crippen molar-refractivity contribution >= 4 is 23.0 Å². The predicted molar refractivity (Wildman–Crippen MR) is 116 cm³/mol. The van der Waals surface area contributed by atoms with Crippen molar-refractivity contribution in [3.05, 3.63) is 85.1 Å². The highest BCUT2D eigenvalue weighted by atomic mass is 16.3. The standard InChI is InChI=1S/C23H21N3O3/c1-12-9-13(2)20(14(3)10-12)26-22(28)18(21(27)25-23(26)29)11-17-15(4)24-19-8-6-5-7-16(17)19/h5-11,28H,1-4H3,(H,25,27,29)/b17-11+. The van der Waals surface area contributed by atoms with Crippen molar-refractivity contribution in [3.8, 4) is 11.6 Å². The van der Waals surface area contributed by atoms with Crippen molar-refractivity contribution in [2.75, 3.05) is 0 Å². The molecule has 29 heavy (non-hydrogen) atoms. The lowest BCUT2D eigenvalue weighted by Gasteiger charge is -2.16. The average molecular weight is 387 g/mol. The molecule has 0 radical (unpaired) electrons. The summed E-state index contributed by atoms with van der Waals surface area (Å²) in [6.07, 6.45) is 1.59. The first-order chi connectivity index (χ1) is 13.8. The van der Waals surface area contributed by atoms with Crippen LogP contribution >= 0.6 is 0 Å². The van der Waals surface area contributed by atoms with Gasteiger partial charge in [0.05, 0.1) is 11.4 Å². The first-order valence-corrected chi connectivity index (χ1v) is 9.31. The SMILES string of the molecule is CC1=Nc2ccccc2/C1=C/c1c(O)n(-c2c(C)cc(C)cc2C)c(=O)[nH]c1=O. The number of aryl methyl sites for hydroxylation is 3. The third kappa shape index (κ3) is 3.02. The molecule has 0 saturated heterocycles. The fourth-order valence-electron chi connectivity index (χ4n) is 3.96. The van der Waals surface area contributed by atoms with Gasteiger partial charge in [-0.2, -0.15) is 0 Å². The first-order valence-electron chi connectivity index (χ1n) is 9.31. The quantitative estimate of drug-likeness (QED) is 0.701. The number of rotatable bonds is 2. The van der Waals surface area contributed by atoms with Crippen LogP contribution in [0.2, 0.25) is 0 Å². The van der Waals surface area contributed by atoms with Crippen molar-refractivity contribution in [1.82, 2.24) is 9.55 Å². The molecule has 6 nitrogen and oxygen atoms in total. The van der Waals surface area contributed by atoms with E-state index in [2.05, 4.69) is 9.98 Å². The minimum Gasteiger partial charge on any atom is -0.494 e. The fraction of sp³-hybridized carbons (Fsp3) is 0.174. The lowest BCUT2D eigenvalue weighted by molar-refractivity contribution is 0.429. The van der Waals surface area contributed by atoms with E-state index in [-0.39, 0.29) is 5.56 Å². The van der Waals surface area contributed by atoms with Gasteiger partial charge in [-0.1, -0.05) is 35.9 Å². The van der Waals surface area contributed by atoms with E-state index < -0.39 is 17.1 Å². The second-order valence-electron chi connectivity index (χ2n) is 7.35. The van der Waals surface area contributed by atoms with E-state index in [0.29, 0.717) is 5.69 Å². The van der Waals surface area contributed by atoms with Gasteiger partial charge in [0.15, 0.2) is 0 Å². The van der Waals surface area contributed by atoms with Crippen LogP contribution in [0, 0.1) is 20.8 Å². The van der Waals surface area contributed by atoms with Gasteiger partial charge >= 0.3 is 5.69 Å². The zero-order chi connectivity index (χ0) is 20.9. The van der Waals surface area contributed by atoms with Gasteiger partial charge in [-0.15, -0.1) is 0 Å². The molecular formula is C23H21N3O3. The second kappa shape index (κ2) is 6.74. The number of hydrogen-bond acceptors (Lipinski definition) is 4. The van der Waals surface area contributed by atoms with E-state index in [1.807, 2.05) is 64.1 Å². The second-order valence-corrected chi connectivity index (χ2v) is 7.35. The molecule has 1 aliphatic heterocycles. The monoisotopic (exact) mass is 387 g/mol. The largest absolute Gasteiger partial charge is 0.494 e. The molecule has 1 aromatic heterocycles. The number of aromatic nitrogens is 2. The molecular weight excluding hydrogens is 366 g/mol. The maximum Gasteiger partial charge on any atom is 0.335 e. The molecule has 3 aromatic rings. The van der Waals surface area contributed by atoms with Crippen molar-refractivity contribution in [3.63, 3.8) is 0 Å². The molecule has 2 heterocycles. The van der Waals surface area contributed by atoms with E-state index in [1.54, 1.807) is 6.08 Å². The summed E-state index contributed by atoms with van der Waals surface area (Å²) in [7, 11) is 0. The zero-order valence-corrected chi connectivity index (χ0v) is 16.7. The van der Waals surface area contributed by atoms with Crippen LogP contribution in [0.25, 0.3) is 17.3 Å². The molecule has 0 aliphatic carbocycles. The van der Waals surface area contributed by atoms with Gasteiger partial charge in [0, 0.05) is 16.8 Å². The number of aromatic amines is 1. The first kappa shape index (κ1) is 18.7. The van der Waals surface area contributed by atoms with Gasteiger partial charge in [-0.3, -0.25) is 14.8 Å². The van der Waals surface area contributed by atoms with Crippen LogP contribution in [0.5, 0.6) is 5.88 Å². The van der Waals surface area contributed by atoms with Gasteiger partial charge in [0.2, 0.25) is 5.88 Å². The predicted octanol–water partition coefficient (Wildman–Crippen LogP) is 3.80. The molecule has 146 valence electrons. The van der Waals surface area contributed by atoms with E-state index in [1.165, 1.54) is 0 Å². The van der Waals surface area contributed by atoms with E-state index >= 15 is 0 Å². The lowest BCUT2D eigenvalue weighted by atomic mass is 10.0. The van der Waals surface area contributed by atoms with Crippen molar-refractivity contribution in [1.29, 1.82) is 0 Å². The normalized spacial score (nSPS) is 14.2. The smallest absolute Gasteiger partial charge is 0.335 e. The van der Waals surface area contributed by atoms with Gasteiger partial charge in [-0.25, -0.2) is 9.36 Å². The average Bonchev–Trinajstić information content (AvgIpc) is 2.95. The highest BCUT2D eigenvalue weighted by Gasteiger charge is 2.21. The van der Waals surface area contributed by atoms with Crippen LogP contribution in [-0.4, -0.2) is 20.4 Å². The number of hydrogen-bond donors (Lipinski definition) is 2. The Morgan fingerprint density at radius 3 is 2.38 bits per heavy atom. The molecule has 0 spiro atoms. The number of aliphatic imine (C=N–C) groups is 1. The Balaban J connectivity index is 2.00. The fourth-order valence-corrected chi connectivity index (χ4v) is 3.96. The van der Waals surface area contributed by atoms with Gasteiger partial charge < -0.3 is 5.11 Å². The lowest BCUT2D eigenvalue weighted by Crippen LogP contribution is -2.31. The van der Waals surface area contributed by atoms with Crippen LogP contribution in [0.3, 0.4) is 0 Å². The summed E-state index contributed by atoms with van der Waals surface area (Å²) in [6, 6.07) is 11.5. The number of para-hydroxylation sites is 1. The number of fused-ring (bicyclic) bond motifs is 1. The van der Waals surface area contributed by atoms with E-state index in [9.17, 15) is 14.7 Å². The molecule has 6 heteroatoms. The Bertz CT molecular complexity index is 1320. The third-order valence-corrected chi connectivity index (χ3v) is 5.14. The Morgan fingerprint density at radius 2 is 1.69 bits per heavy atom. The Morgan fingerprint density at radius 1 is 1.03 bits per heavy atom. The molecule has 2 aromatic carbocycles. The highest BCUT2D eigenvalue weighted by Crippen LogP contribution is 2.36. The summed E-state index contributed by atoms with van der Waals surface area (Å²) in [5, 5.41) is 11.0. The number of H-pyrrole nitrogens is 1. The minimum atomic E-state index is -0.679. The molecule has 0 amide bonds. The summed E-state index contributed by atoms with van der Waals surface area (Å²) < 4.78 is 1.16. The number of nitrogens with one attached hydrogen (secondary N) is 1. The molecule has 0 atom stereocenters. The molecule has 0 unspecified atom stereocenters. The number of nitrogens with zero attached hydrogens (tertiary/aromatic N) is 2. The molecule has 1 aliphatic rings. The number of aromatic hydroxyl groups is 1. The van der Waals surface area contributed by atoms with Crippen molar-refractivity contribution in [2.24, 2.45) is 4.99 Å². The van der Waals surface area contributed by atoms with Crippen molar-refractivity contribution < 1.29 is 5.11 Å². The summed E-state index contributed by atoms with van der Waals surface area (Å²) in [5.41, 5.74) is 5.14. The van der Waals surface area contributed by atoms with Crippen LogP contribution < -0.4 is 11.2 Å². The van der Waals surface area contributed by atoms with Gasteiger partial charge in [0.1, 0.15) is 5.56 Å². The van der Waals surface area contributed by atoms with Crippen LogP contribution in [0.15, 0.2) is 51.0 Å². The third-order valence-electron chi connectivity index (χ3n) is 5.14. The summed E-state index contributed by atoms with van der Waals surface area (Å²) in [6.45, 7) is 7.55. The summed E-state index contributed by atoms with van der Waals surface area (Å²) in [4.78, 5) is 32.0. The molecule has 0 saturated carbocycles. The topological polar surface area (TPSA) is 87.4 Å². The Hall–Kier alpha value is -3.67. The van der Waals surface area contributed by atoms with E-state index in [0.717, 1.165) is 43.8 Å². The molecule has 4 rings (SSSR count). The maximum absolute atomic E-state index is 12.6. The maximum atomic E-state index is 12.6. The van der Waals surface area contributed by atoms with Crippen molar-refractivity contribution in [2.45, 2.75) is 27.7 Å². The van der Waals surface area contributed by atoms with Crippen LogP contribution in [0.1, 0.15) is 34.7 Å². The van der Waals surface area contributed by atoms with Crippen LogP contribution in [0.4, 0.5) is 5.69 Å². The number of benzene rings is 2. The minimum absolute atomic E-state index is 0.0187. The zero-order valence-electron chi connectivity index (χ0n) is 16.7. The van der Waals surface area contributed by atoms with Gasteiger partial charge in [0.25, 0.3) is 5.56 Å². The van der Waals surface area contributed by atoms with Crippen LogP contribution in [-0.2, 0) is 0 Å².